The molecule has 0 atom stereocenters. The number of hydrogen-bond donors (Lipinski definition) is 1. The van der Waals surface area contributed by atoms with Crippen LogP contribution < -0.4 is 10.1 Å². The van der Waals surface area contributed by atoms with Crippen LogP contribution in [0.4, 0.5) is 0 Å². The molecular formula is C15H18N2O. The summed E-state index contributed by atoms with van der Waals surface area (Å²) in [7, 11) is 0. The second-order valence-electron chi connectivity index (χ2n) is 4.02. The molecule has 2 aromatic rings. The van der Waals surface area contributed by atoms with E-state index >= 15 is 0 Å². The van der Waals surface area contributed by atoms with E-state index in [0.29, 0.717) is 6.61 Å². The van der Waals surface area contributed by atoms with Crippen molar-refractivity contribution in [1.82, 2.24) is 10.3 Å². The fourth-order valence-electron chi connectivity index (χ4n) is 1.66. The maximum atomic E-state index is 5.59. The van der Waals surface area contributed by atoms with Gasteiger partial charge >= 0.3 is 0 Å². The highest BCUT2D eigenvalue weighted by atomic mass is 16.5. The molecule has 0 saturated heterocycles. The lowest BCUT2D eigenvalue weighted by Gasteiger charge is -2.07. The van der Waals surface area contributed by atoms with Crippen LogP contribution in [0.3, 0.4) is 0 Å². The minimum Gasteiger partial charge on any atom is -0.492 e. The summed E-state index contributed by atoms with van der Waals surface area (Å²) in [5.74, 6) is 0.924. The molecule has 0 radical (unpaired) electrons. The van der Waals surface area contributed by atoms with E-state index in [0.717, 1.165) is 25.3 Å². The number of aromatic nitrogens is 1. The van der Waals surface area contributed by atoms with E-state index < -0.39 is 0 Å². The summed E-state index contributed by atoms with van der Waals surface area (Å²) in [6.07, 6.45) is 4.68. The van der Waals surface area contributed by atoms with Gasteiger partial charge in [-0.3, -0.25) is 4.98 Å². The van der Waals surface area contributed by atoms with Gasteiger partial charge in [0.15, 0.2) is 0 Å². The number of rotatable bonds is 7. The molecule has 18 heavy (non-hydrogen) atoms. The van der Waals surface area contributed by atoms with Gasteiger partial charge in [0.05, 0.1) is 0 Å². The number of nitrogens with one attached hydrogen (secondary N) is 1. The van der Waals surface area contributed by atoms with Crippen LogP contribution in [0.15, 0.2) is 54.9 Å². The van der Waals surface area contributed by atoms with Gasteiger partial charge in [0.2, 0.25) is 0 Å². The van der Waals surface area contributed by atoms with Gasteiger partial charge < -0.3 is 10.1 Å². The van der Waals surface area contributed by atoms with Crippen molar-refractivity contribution in [3.05, 3.63) is 60.4 Å². The van der Waals surface area contributed by atoms with Crippen LogP contribution in [-0.2, 0) is 6.42 Å². The maximum Gasteiger partial charge on any atom is 0.119 e. The van der Waals surface area contributed by atoms with Gasteiger partial charge in [-0.25, -0.2) is 0 Å². The largest absolute Gasteiger partial charge is 0.492 e. The van der Waals surface area contributed by atoms with E-state index in [1.165, 1.54) is 5.56 Å². The lowest BCUT2D eigenvalue weighted by Crippen LogP contribution is -2.23. The predicted octanol–water partition coefficient (Wildman–Crippen LogP) is 2.29. The number of nitrogens with zero attached hydrogens (tertiary/aromatic N) is 1. The molecule has 1 aromatic carbocycles. The molecule has 0 aliphatic heterocycles. The van der Waals surface area contributed by atoms with Crippen molar-refractivity contribution in [1.29, 1.82) is 0 Å². The van der Waals surface area contributed by atoms with Gasteiger partial charge in [-0.05, 0) is 42.8 Å². The predicted molar refractivity (Wildman–Crippen MR) is 72.7 cm³/mol. The standard InChI is InChI=1S/C15H18N2O/c1-2-4-15(5-3-1)18-13-12-17-11-8-14-6-9-16-10-7-14/h1-7,9-10,17H,8,11-13H2. The lowest BCUT2D eigenvalue weighted by atomic mass is 10.2. The highest BCUT2D eigenvalue weighted by molar-refractivity contribution is 5.20. The van der Waals surface area contributed by atoms with E-state index in [2.05, 4.69) is 10.3 Å². The van der Waals surface area contributed by atoms with Crippen LogP contribution in [0.1, 0.15) is 5.56 Å². The minimum absolute atomic E-state index is 0.695. The van der Waals surface area contributed by atoms with Gasteiger partial charge in [-0.15, -0.1) is 0 Å². The normalized spacial score (nSPS) is 10.2. The zero-order valence-corrected chi connectivity index (χ0v) is 10.4. The van der Waals surface area contributed by atoms with Crippen LogP contribution in [0, 0.1) is 0 Å². The maximum absolute atomic E-state index is 5.59. The quantitative estimate of drug-likeness (QED) is 0.756. The highest BCUT2D eigenvalue weighted by Crippen LogP contribution is 2.07. The Balaban J connectivity index is 1.54. The molecule has 94 valence electrons. The van der Waals surface area contributed by atoms with Crippen LogP contribution in [-0.4, -0.2) is 24.7 Å². The molecule has 0 fully saturated rings. The summed E-state index contributed by atoms with van der Waals surface area (Å²) < 4.78 is 5.59. The highest BCUT2D eigenvalue weighted by Gasteiger charge is 1.93. The Morgan fingerprint density at radius 1 is 0.944 bits per heavy atom. The number of ether oxygens (including phenoxy) is 1. The fraction of sp³-hybridized carbons (Fsp3) is 0.267. The molecule has 1 heterocycles. The van der Waals surface area contributed by atoms with Crippen molar-refractivity contribution < 1.29 is 4.74 Å². The molecule has 3 nitrogen and oxygen atoms in total. The van der Waals surface area contributed by atoms with Crippen LogP contribution in [0.5, 0.6) is 5.75 Å². The van der Waals surface area contributed by atoms with E-state index in [4.69, 9.17) is 4.74 Å². The summed E-state index contributed by atoms with van der Waals surface area (Å²) in [4.78, 5) is 4.00. The van der Waals surface area contributed by atoms with Gasteiger partial charge in [0.1, 0.15) is 12.4 Å². The SMILES string of the molecule is c1ccc(OCCNCCc2ccncc2)cc1. The molecule has 1 N–H and O–H groups in total. The summed E-state index contributed by atoms with van der Waals surface area (Å²) in [6.45, 7) is 2.52. The number of benzene rings is 1. The smallest absolute Gasteiger partial charge is 0.119 e. The molecule has 0 aliphatic rings. The number of para-hydroxylation sites is 1. The van der Waals surface area contributed by atoms with Crippen molar-refractivity contribution in [2.75, 3.05) is 19.7 Å². The molecule has 0 saturated carbocycles. The van der Waals surface area contributed by atoms with Gasteiger partial charge in [-0.1, -0.05) is 18.2 Å². The van der Waals surface area contributed by atoms with Crippen molar-refractivity contribution in [2.45, 2.75) is 6.42 Å². The number of hydrogen-bond acceptors (Lipinski definition) is 3. The lowest BCUT2D eigenvalue weighted by molar-refractivity contribution is 0.314. The molecule has 0 bridgehead atoms. The number of pyridine rings is 1. The van der Waals surface area contributed by atoms with Gasteiger partial charge in [-0.2, -0.15) is 0 Å². The zero-order chi connectivity index (χ0) is 12.5. The van der Waals surface area contributed by atoms with Crippen molar-refractivity contribution in [3.8, 4) is 5.75 Å². The monoisotopic (exact) mass is 242 g/mol. The summed E-state index contributed by atoms with van der Waals surface area (Å²) >= 11 is 0. The molecule has 1 aromatic heterocycles. The first-order chi connectivity index (χ1) is 8.95. The third kappa shape index (κ3) is 4.55. The van der Waals surface area contributed by atoms with Crippen molar-refractivity contribution >= 4 is 0 Å². The second-order valence-corrected chi connectivity index (χ2v) is 4.02. The average molecular weight is 242 g/mol. The van der Waals surface area contributed by atoms with Crippen molar-refractivity contribution in [3.63, 3.8) is 0 Å². The van der Waals surface area contributed by atoms with Gasteiger partial charge in [0.25, 0.3) is 0 Å². The minimum atomic E-state index is 0.695. The topological polar surface area (TPSA) is 34.1 Å². The Morgan fingerprint density at radius 3 is 2.50 bits per heavy atom. The van der Waals surface area contributed by atoms with Crippen LogP contribution in [0.2, 0.25) is 0 Å². The van der Waals surface area contributed by atoms with E-state index in [9.17, 15) is 0 Å². The fourth-order valence-corrected chi connectivity index (χ4v) is 1.66. The molecule has 0 unspecified atom stereocenters. The Hall–Kier alpha value is -1.87. The van der Waals surface area contributed by atoms with E-state index in [1.54, 1.807) is 0 Å². The van der Waals surface area contributed by atoms with E-state index in [-0.39, 0.29) is 0 Å². The third-order valence-electron chi connectivity index (χ3n) is 2.63. The first-order valence-electron chi connectivity index (χ1n) is 6.22. The molecule has 0 aliphatic carbocycles. The first kappa shape index (κ1) is 12.6. The van der Waals surface area contributed by atoms with Gasteiger partial charge in [0, 0.05) is 18.9 Å². The van der Waals surface area contributed by atoms with E-state index in [1.807, 2.05) is 54.9 Å². The molecule has 0 amide bonds. The Morgan fingerprint density at radius 2 is 1.72 bits per heavy atom. The van der Waals surface area contributed by atoms with Crippen LogP contribution >= 0.6 is 0 Å². The summed E-state index contributed by atoms with van der Waals surface area (Å²) in [5, 5.41) is 3.36. The Bertz CT molecular complexity index is 387. The molecule has 2 rings (SSSR count). The Kier molecular flexibility index (Phi) is 5.21. The average Bonchev–Trinajstić information content (AvgIpc) is 2.45. The summed E-state index contributed by atoms with van der Waals surface area (Å²) in [6, 6.07) is 14.0. The Labute approximate surface area is 108 Å². The molecule has 0 spiro atoms. The summed E-state index contributed by atoms with van der Waals surface area (Å²) in [5.41, 5.74) is 1.31. The molecular weight excluding hydrogens is 224 g/mol. The second kappa shape index (κ2) is 7.45. The third-order valence-corrected chi connectivity index (χ3v) is 2.63. The zero-order valence-electron chi connectivity index (χ0n) is 10.4. The molecule has 3 heteroatoms. The first-order valence-corrected chi connectivity index (χ1v) is 6.22. The van der Waals surface area contributed by atoms with Crippen LogP contribution in [0.25, 0.3) is 0 Å². The van der Waals surface area contributed by atoms with Crippen molar-refractivity contribution in [2.24, 2.45) is 0 Å².